The lowest BCUT2D eigenvalue weighted by atomic mass is 9.52. The average molecular weight is 222 g/mol. The Kier molecular flexibility index (Phi) is 2.25. The summed E-state index contributed by atoms with van der Waals surface area (Å²) in [7, 11) is 0. The maximum atomic E-state index is 6.46. The molecule has 2 aliphatic heterocycles. The normalized spacial score (nSPS) is 55.7. The molecule has 4 bridgehead atoms. The quantitative estimate of drug-likeness (QED) is 0.651. The van der Waals surface area contributed by atoms with Crippen LogP contribution in [0.5, 0.6) is 0 Å². The lowest BCUT2D eigenvalue weighted by Gasteiger charge is -2.63. The van der Waals surface area contributed by atoms with Crippen LogP contribution in [-0.2, 0) is 4.74 Å². The largest absolute Gasteiger partial charge is 0.369 e. The lowest BCUT2D eigenvalue weighted by molar-refractivity contribution is -0.286. The van der Waals surface area contributed by atoms with E-state index in [-0.39, 0.29) is 11.2 Å². The van der Waals surface area contributed by atoms with Gasteiger partial charge in [0.15, 0.2) is 0 Å². The number of rotatable bonds is 1. The Labute approximate surface area is 99.9 Å². The van der Waals surface area contributed by atoms with Crippen LogP contribution in [0.4, 0.5) is 0 Å². The van der Waals surface area contributed by atoms with Gasteiger partial charge in [-0.1, -0.05) is 13.8 Å². The van der Waals surface area contributed by atoms with Crippen LogP contribution in [0.3, 0.4) is 0 Å². The van der Waals surface area contributed by atoms with E-state index in [1.807, 2.05) is 0 Å². The zero-order chi connectivity index (χ0) is 11.6. The van der Waals surface area contributed by atoms with Crippen LogP contribution in [0.1, 0.15) is 59.8 Å². The highest BCUT2D eigenvalue weighted by Gasteiger charge is 2.59. The van der Waals surface area contributed by atoms with Crippen LogP contribution < -0.4 is 0 Å². The van der Waals surface area contributed by atoms with Gasteiger partial charge in [0.2, 0.25) is 0 Å². The molecule has 92 valence electrons. The monoisotopic (exact) mass is 222 g/mol. The van der Waals surface area contributed by atoms with Crippen molar-refractivity contribution in [3.05, 3.63) is 0 Å². The summed E-state index contributed by atoms with van der Waals surface area (Å²) in [6.07, 6.45) is 6.74. The third kappa shape index (κ3) is 1.40. The Morgan fingerprint density at radius 3 is 2.50 bits per heavy atom. The molecule has 0 spiro atoms. The van der Waals surface area contributed by atoms with Gasteiger partial charge >= 0.3 is 0 Å². The SMILES string of the molecule is CC(C)[C@H]1CC[C@@]2(C)O[C@]3(C)CC[C@@H]2[C@H]1C3. The van der Waals surface area contributed by atoms with Gasteiger partial charge in [-0.15, -0.1) is 0 Å². The van der Waals surface area contributed by atoms with E-state index in [9.17, 15) is 0 Å². The van der Waals surface area contributed by atoms with E-state index in [2.05, 4.69) is 27.7 Å². The molecule has 0 radical (unpaired) electrons. The number of hydrogen-bond acceptors (Lipinski definition) is 1. The summed E-state index contributed by atoms with van der Waals surface area (Å²) in [5.41, 5.74) is 0.434. The average Bonchev–Trinajstić information content (AvgIpc) is 2.14. The molecule has 0 aromatic carbocycles. The predicted octanol–water partition coefficient (Wildman–Crippen LogP) is 4.02. The highest BCUT2D eigenvalue weighted by Crippen LogP contribution is 2.60. The van der Waals surface area contributed by atoms with Crippen LogP contribution in [0, 0.1) is 23.7 Å². The van der Waals surface area contributed by atoms with E-state index in [1.54, 1.807) is 0 Å². The molecular weight excluding hydrogens is 196 g/mol. The summed E-state index contributed by atoms with van der Waals surface area (Å²) in [4.78, 5) is 0. The van der Waals surface area contributed by atoms with Crippen LogP contribution in [-0.4, -0.2) is 11.2 Å². The van der Waals surface area contributed by atoms with Crippen molar-refractivity contribution in [2.24, 2.45) is 23.7 Å². The standard InChI is InChI=1S/C15H26O/c1-10(2)11-5-8-15(4)13-6-7-14(3,16-15)9-12(11)13/h10-13H,5-9H2,1-4H3/t11-,12+,13-,14-,15-/m1/s1. The molecule has 4 rings (SSSR count). The minimum Gasteiger partial charge on any atom is -0.369 e. The molecule has 1 nitrogen and oxygen atoms in total. The molecule has 0 N–H and O–H groups in total. The molecule has 1 heteroatoms. The second-order valence-corrected chi connectivity index (χ2v) is 7.32. The molecule has 4 fully saturated rings. The molecule has 0 unspecified atom stereocenters. The van der Waals surface area contributed by atoms with E-state index in [0.29, 0.717) is 0 Å². The molecule has 2 saturated carbocycles. The zero-order valence-electron chi connectivity index (χ0n) is 11.3. The molecule has 0 amide bonds. The summed E-state index contributed by atoms with van der Waals surface area (Å²) in [6, 6.07) is 0. The van der Waals surface area contributed by atoms with Crippen LogP contribution >= 0.6 is 0 Å². The minimum absolute atomic E-state index is 0.210. The fourth-order valence-corrected chi connectivity index (χ4v) is 5.09. The summed E-state index contributed by atoms with van der Waals surface area (Å²) in [5, 5.41) is 0. The molecule has 2 heterocycles. The summed E-state index contributed by atoms with van der Waals surface area (Å²) in [6.45, 7) is 9.58. The molecule has 0 aromatic rings. The van der Waals surface area contributed by atoms with Crippen molar-refractivity contribution in [1.29, 1.82) is 0 Å². The Hall–Kier alpha value is -0.0400. The third-order valence-corrected chi connectivity index (χ3v) is 5.81. The Morgan fingerprint density at radius 2 is 1.88 bits per heavy atom. The first-order valence-corrected chi connectivity index (χ1v) is 7.14. The van der Waals surface area contributed by atoms with Crippen LogP contribution in [0.2, 0.25) is 0 Å². The van der Waals surface area contributed by atoms with E-state index >= 15 is 0 Å². The van der Waals surface area contributed by atoms with Gasteiger partial charge in [0.1, 0.15) is 0 Å². The number of ether oxygens (including phenoxy) is 1. The summed E-state index contributed by atoms with van der Waals surface area (Å²) >= 11 is 0. The van der Waals surface area contributed by atoms with Crippen LogP contribution in [0.25, 0.3) is 0 Å². The molecule has 0 aromatic heterocycles. The van der Waals surface area contributed by atoms with E-state index in [1.165, 1.54) is 32.1 Å². The fraction of sp³-hybridized carbons (Fsp3) is 1.00. The number of hydrogen-bond donors (Lipinski definition) is 0. The van der Waals surface area contributed by atoms with E-state index in [4.69, 9.17) is 4.74 Å². The van der Waals surface area contributed by atoms with Crippen LogP contribution in [0.15, 0.2) is 0 Å². The first kappa shape index (κ1) is 11.1. The molecule has 4 aliphatic rings. The molecule has 16 heavy (non-hydrogen) atoms. The highest BCUT2D eigenvalue weighted by atomic mass is 16.5. The van der Waals surface area contributed by atoms with E-state index in [0.717, 1.165) is 23.7 Å². The van der Waals surface area contributed by atoms with Gasteiger partial charge in [-0.25, -0.2) is 0 Å². The Balaban J connectivity index is 1.93. The van der Waals surface area contributed by atoms with Crippen molar-refractivity contribution in [3.63, 3.8) is 0 Å². The van der Waals surface area contributed by atoms with Gasteiger partial charge in [-0.3, -0.25) is 0 Å². The van der Waals surface area contributed by atoms with Crippen molar-refractivity contribution < 1.29 is 4.74 Å². The predicted molar refractivity (Wildman–Crippen MR) is 66.3 cm³/mol. The van der Waals surface area contributed by atoms with Crippen molar-refractivity contribution in [1.82, 2.24) is 0 Å². The Bertz CT molecular complexity index is 298. The van der Waals surface area contributed by atoms with Gasteiger partial charge in [0.05, 0.1) is 11.2 Å². The second-order valence-electron chi connectivity index (χ2n) is 7.32. The van der Waals surface area contributed by atoms with Gasteiger partial charge < -0.3 is 4.74 Å². The topological polar surface area (TPSA) is 9.23 Å². The first-order chi connectivity index (χ1) is 7.44. The first-order valence-electron chi connectivity index (χ1n) is 7.14. The van der Waals surface area contributed by atoms with Crippen molar-refractivity contribution in [2.75, 3.05) is 0 Å². The van der Waals surface area contributed by atoms with Gasteiger partial charge in [-0.2, -0.15) is 0 Å². The maximum absolute atomic E-state index is 6.46. The van der Waals surface area contributed by atoms with Crippen molar-refractivity contribution >= 4 is 0 Å². The lowest BCUT2D eigenvalue weighted by Crippen LogP contribution is -2.63. The third-order valence-electron chi connectivity index (χ3n) is 5.81. The van der Waals surface area contributed by atoms with E-state index < -0.39 is 0 Å². The summed E-state index contributed by atoms with van der Waals surface area (Å²) in [5.74, 6) is 3.63. The molecule has 5 atom stereocenters. The Morgan fingerprint density at radius 1 is 1.12 bits per heavy atom. The fourth-order valence-electron chi connectivity index (χ4n) is 5.09. The second kappa shape index (κ2) is 3.25. The maximum Gasteiger partial charge on any atom is 0.0692 e. The zero-order valence-corrected chi connectivity index (χ0v) is 11.3. The molecular formula is C15H26O. The minimum atomic E-state index is 0.210. The number of fused-ring (bicyclic) bond motifs is 1. The summed E-state index contributed by atoms with van der Waals surface area (Å²) < 4.78 is 6.46. The van der Waals surface area contributed by atoms with Crippen molar-refractivity contribution in [3.8, 4) is 0 Å². The molecule has 2 saturated heterocycles. The van der Waals surface area contributed by atoms with Gasteiger partial charge in [0, 0.05) is 0 Å². The van der Waals surface area contributed by atoms with Crippen molar-refractivity contribution in [2.45, 2.75) is 71.0 Å². The molecule has 2 aliphatic carbocycles. The van der Waals surface area contributed by atoms with Gasteiger partial charge in [0.25, 0.3) is 0 Å². The highest BCUT2D eigenvalue weighted by molar-refractivity contribution is 5.08. The van der Waals surface area contributed by atoms with Gasteiger partial charge in [-0.05, 0) is 69.6 Å². The smallest absolute Gasteiger partial charge is 0.0692 e.